The van der Waals surface area contributed by atoms with Crippen LogP contribution >= 0.6 is 11.6 Å². The minimum absolute atomic E-state index is 0.224. The number of pyridine rings is 1. The second kappa shape index (κ2) is 9.71. The minimum Gasteiger partial charge on any atom is -0.384 e. The van der Waals surface area contributed by atoms with Gasteiger partial charge in [0.1, 0.15) is 11.4 Å². The number of nitrogens with two attached hydrogens (primary N) is 2. The Morgan fingerprint density at radius 2 is 1.93 bits per heavy atom. The summed E-state index contributed by atoms with van der Waals surface area (Å²) in [7, 11) is 1.65. The lowest BCUT2D eigenvalue weighted by Gasteiger charge is -2.40. The molecule has 0 bridgehead atoms. The van der Waals surface area contributed by atoms with Gasteiger partial charge in [0.2, 0.25) is 11.8 Å². The number of benzene rings is 1. The van der Waals surface area contributed by atoms with Crippen LogP contribution in [0.2, 0.25) is 5.02 Å². The van der Waals surface area contributed by atoms with Crippen LogP contribution in [0, 0.1) is 11.8 Å². The van der Waals surface area contributed by atoms with E-state index < -0.39 is 17.4 Å². The van der Waals surface area contributed by atoms with E-state index in [1.54, 1.807) is 37.5 Å². The van der Waals surface area contributed by atoms with Crippen molar-refractivity contribution in [3.05, 3.63) is 58.7 Å². The van der Waals surface area contributed by atoms with E-state index in [2.05, 4.69) is 15.6 Å². The number of nitrogens with zero attached hydrogens (tertiary/aromatic N) is 1. The van der Waals surface area contributed by atoms with E-state index >= 15 is 0 Å². The average Bonchev–Trinajstić information content (AvgIpc) is 2.67. The lowest BCUT2D eigenvalue weighted by Crippen LogP contribution is -2.66. The first-order chi connectivity index (χ1) is 13.7. The first kappa shape index (κ1) is 22.6. The third-order valence-corrected chi connectivity index (χ3v) is 5.48. The van der Waals surface area contributed by atoms with Gasteiger partial charge in [0.15, 0.2) is 0 Å². The summed E-state index contributed by atoms with van der Waals surface area (Å²) in [5.74, 6) is -1.43. The SMILES string of the molecule is CNC(C(N)=O)(C(C)C)[C@H](Cc1cccc(Cl)c1)C(=O)NCc1ccc(N)nc1. The second-order valence-corrected chi connectivity index (χ2v) is 7.77. The molecule has 8 heteroatoms. The van der Waals surface area contributed by atoms with Crippen LogP contribution in [0.25, 0.3) is 0 Å². The summed E-state index contributed by atoms with van der Waals surface area (Å²) < 4.78 is 0. The molecular weight excluding hydrogens is 390 g/mol. The van der Waals surface area contributed by atoms with Crippen molar-refractivity contribution >= 4 is 29.2 Å². The van der Waals surface area contributed by atoms with Crippen molar-refractivity contribution < 1.29 is 9.59 Å². The highest BCUT2D eigenvalue weighted by Crippen LogP contribution is 2.30. The largest absolute Gasteiger partial charge is 0.384 e. The van der Waals surface area contributed by atoms with Crippen LogP contribution in [-0.2, 0) is 22.6 Å². The molecule has 6 N–H and O–H groups in total. The Morgan fingerprint density at radius 3 is 2.45 bits per heavy atom. The number of carbonyl (C=O) groups is 2. The van der Waals surface area contributed by atoms with Gasteiger partial charge < -0.3 is 22.1 Å². The average molecular weight is 418 g/mol. The molecule has 7 nitrogen and oxygen atoms in total. The number of likely N-dealkylation sites (N-methyl/N-ethyl adjacent to an activating group) is 1. The molecule has 1 unspecified atom stereocenters. The van der Waals surface area contributed by atoms with Gasteiger partial charge in [-0.15, -0.1) is 0 Å². The minimum atomic E-state index is -1.23. The molecule has 29 heavy (non-hydrogen) atoms. The predicted molar refractivity (Wildman–Crippen MR) is 115 cm³/mol. The van der Waals surface area contributed by atoms with E-state index in [0.717, 1.165) is 11.1 Å². The Labute approximate surface area is 176 Å². The number of nitrogen functional groups attached to an aromatic ring is 1. The van der Waals surface area contributed by atoms with Crippen molar-refractivity contribution in [2.75, 3.05) is 12.8 Å². The monoisotopic (exact) mass is 417 g/mol. The Kier molecular flexibility index (Phi) is 7.59. The molecule has 0 aliphatic heterocycles. The Bertz CT molecular complexity index is 856. The summed E-state index contributed by atoms with van der Waals surface area (Å²) in [6, 6.07) is 10.7. The first-order valence-corrected chi connectivity index (χ1v) is 9.79. The predicted octanol–water partition coefficient (Wildman–Crippen LogP) is 1.89. The van der Waals surface area contributed by atoms with E-state index in [9.17, 15) is 9.59 Å². The number of carbonyl (C=O) groups excluding carboxylic acids is 2. The molecule has 0 fully saturated rings. The zero-order valence-corrected chi connectivity index (χ0v) is 17.7. The van der Waals surface area contributed by atoms with E-state index in [4.69, 9.17) is 23.1 Å². The van der Waals surface area contributed by atoms with Gasteiger partial charge in [-0.1, -0.05) is 43.6 Å². The fourth-order valence-electron chi connectivity index (χ4n) is 3.66. The molecule has 2 aromatic rings. The fraction of sp³-hybridized carbons (Fsp3) is 0.381. The second-order valence-electron chi connectivity index (χ2n) is 7.33. The highest BCUT2D eigenvalue weighted by Gasteiger charge is 2.49. The molecule has 156 valence electrons. The number of primary amides is 1. The van der Waals surface area contributed by atoms with Gasteiger partial charge in [-0.25, -0.2) is 4.98 Å². The molecule has 0 aliphatic rings. The van der Waals surface area contributed by atoms with E-state index in [0.29, 0.717) is 17.3 Å². The van der Waals surface area contributed by atoms with Crippen molar-refractivity contribution in [1.29, 1.82) is 0 Å². The van der Waals surface area contributed by atoms with Gasteiger partial charge in [-0.05, 0) is 48.7 Å². The molecule has 0 saturated carbocycles. The summed E-state index contributed by atoms with van der Waals surface area (Å²) in [5, 5.41) is 6.50. The third-order valence-electron chi connectivity index (χ3n) is 5.24. The van der Waals surface area contributed by atoms with Gasteiger partial charge in [-0.2, -0.15) is 0 Å². The van der Waals surface area contributed by atoms with Crippen molar-refractivity contribution in [3.63, 3.8) is 0 Å². The Balaban J connectivity index is 2.35. The number of aromatic nitrogens is 1. The van der Waals surface area contributed by atoms with Gasteiger partial charge in [0.25, 0.3) is 0 Å². The molecule has 0 radical (unpaired) electrons. The lowest BCUT2D eigenvalue weighted by atomic mass is 9.71. The maximum absolute atomic E-state index is 13.3. The van der Waals surface area contributed by atoms with Crippen molar-refractivity contribution in [3.8, 4) is 0 Å². The number of anilines is 1. The van der Waals surface area contributed by atoms with Crippen LogP contribution in [-0.4, -0.2) is 29.4 Å². The van der Waals surface area contributed by atoms with Crippen LogP contribution in [0.3, 0.4) is 0 Å². The van der Waals surface area contributed by atoms with Crippen LogP contribution in [0.4, 0.5) is 5.82 Å². The summed E-state index contributed by atoms with van der Waals surface area (Å²) in [6.07, 6.45) is 1.90. The molecule has 1 aromatic carbocycles. The summed E-state index contributed by atoms with van der Waals surface area (Å²) in [4.78, 5) is 29.8. The molecule has 2 amide bonds. The van der Waals surface area contributed by atoms with E-state index in [1.807, 2.05) is 26.0 Å². The maximum atomic E-state index is 13.3. The number of hydrogen-bond donors (Lipinski definition) is 4. The van der Waals surface area contributed by atoms with Crippen molar-refractivity contribution in [2.24, 2.45) is 17.6 Å². The quantitative estimate of drug-likeness (QED) is 0.496. The summed E-state index contributed by atoms with van der Waals surface area (Å²) >= 11 is 6.11. The smallest absolute Gasteiger partial charge is 0.238 e. The Hall–Kier alpha value is -2.64. The molecule has 0 aliphatic carbocycles. The van der Waals surface area contributed by atoms with Gasteiger partial charge in [0, 0.05) is 17.8 Å². The molecule has 2 atom stereocenters. The van der Waals surface area contributed by atoms with Gasteiger partial charge in [0.05, 0.1) is 5.92 Å². The fourth-order valence-corrected chi connectivity index (χ4v) is 3.87. The number of hydrogen-bond acceptors (Lipinski definition) is 5. The molecule has 1 heterocycles. The molecular formula is C21H28ClN5O2. The van der Waals surface area contributed by atoms with Gasteiger partial charge >= 0.3 is 0 Å². The summed E-state index contributed by atoms with van der Waals surface area (Å²) in [6.45, 7) is 3.99. The summed E-state index contributed by atoms with van der Waals surface area (Å²) in [5.41, 5.74) is 11.8. The van der Waals surface area contributed by atoms with Crippen LogP contribution in [0.5, 0.6) is 0 Å². The topological polar surface area (TPSA) is 123 Å². The lowest BCUT2D eigenvalue weighted by molar-refractivity contribution is -0.138. The number of halogens is 1. The standard InChI is InChI=1S/C21H28ClN5O2/c1-13(2)21(25-3,20(24)29)17(10-14-5-4-6-16(22)9-14)19(28)27-12-15-7-8-18(23)26-11-15/h4-9,11,13,17,25H,10,12H2,1-3H3,(H2,23,26)(H2,24,29)(H,27,28)/t17-,21?/m1/s1. The normalized spacial score (nSPS) is 14.2. The molecule has 0 spiro atoms. The zero-order chi connectivity index (χ0) is 21.6. The van der Waals surface area contributed by atoms with Gasteiger partial charge in [-0.3, -0.25) is 9.59 Å². The van der Waals surface area contributed by atoms with Crippen molar-refractivity contribution in [2.45, 2.75) is 32.4 Å². The molecule has 2 rings (SSSR count). The highest BCUT2D eigenvalue weighted by atomic mass is 35.5. The van der Waals surface area contributed by atoms with E-state index in [1.165, 1.54) is 0 Å². The molecule has 0 saturated heterocycles. The third kappa shape index (κ3) is 5.25. The van der Waals surface area contributed by atoms with Crippen LogP contribution in [0.15, 0.2) is 42.6 Å². The Morgan fingerprint density at radius 1 is 1.21 bits per heavy atom. The number of nitrogens with one attached hydrogen (secondary N) is 2. The number of rotatable bonds is 9. The van der Waals surface area contributed by atoms with Crippen LogP contribution in [0.1, 0.15) is 25.0 Å². The molecule has 1 aromatic heterocycles. The van der Waals surface area contributed by atoms with E-state index in [-0.39, 0.29) is 18.4 Å². The zero-order valence-electron chi connectivity index (χ0n) is 16.9. The maximum Gasteiger partial charge on any atom is 0.238 e. The van der Waals surface area contributed by atoms with Crippen molar-refractivity contribution in [1.82, 2.24) is 15.6 Å². The highest BCUT2D eigenvalue weighted by molar-refractivity contribution is 6.30. The van der Waals surface area contributed by atoms with Crippen LogP contribution < -0.4 is 22.1 Å². The number of amides is 2. The first-order valence-electron chi connectivity index (χ1n) is 9.42.